The molecule has 0 unspecified atom stereocenters. The normalized spacial score (nSPS) is 10.3. The summed E-state index contributed by atoms with van der Waals surface area (Å²) in [6.07, 6.45) is 4.09. The third-order valence-corrected chi connectivity index (χ3v) is 4.36. The van der Waals surface area contributed by atoms with E-state index in [-0.39, 0.29) is 5.91 Å². The Bertz CT molecular complexity index is 954. The second kappa shape index (κ2) is 8.36. The Morgan fingerprint density at radius 2 is 1.93 bits per heavy atom. The van der Waals surface area contributed by atoms with Crippen LogP contribution in [0, 0.1) is 6.92 Å². The van der Waals surface area contributed by atoms with Crippen LogP contribution in [0.15, 0.2) is 60.9 Å². The lowest BCUT2D eigenvalue weighted by Crippen LogP contribution is -2.14. The number of carbonyl (C=O) groups is 1. The molecule has 138 valence electrons. The van der Waals surface area contributed by atoms with Gasteiger partial charge in [-0.1, -0.05) is 37.3 Å². The summed E-state index contributed by atoms with van der Waals surface area (Å²) in [6.45, 7) is 4.07. The number of para-hydroxylation sites is 3. The number of hydrogen-bond acceptors (Lipinski definition) is 4. The predicted molar refractivity (Wildman–Crippen MR) is 109 cm³/mol. The average Bonchev–Trinajstić information content (AvgIpc) is 2.70. The van der Waals surface area contributed by atoms with Crippen molar-refractivity contribution in [2.24, 2.45) is 0 Å². The van der Waals surface area contributed by atoms with Gasteiger partial charge < -0.3 is 15.4 Å². The van der Waals surface area contributed by atoms with Gasteiger partial charge in [0.1, 0.15) is 5.75 Å². The van der Waals surface area contributed by atoms with Crippen molar-refractivity contribution in [3.05, 3.63) is 77.6 Å². The average molecular weight is 361 g/mol. The summed E-state index contributed by atoms with van der Waals surface area (Å²) in [5, 5.41) is 6.28. The molecule has 27 heavy (non-hydrogen) atoms. The number of pyridine rings is 1. The molecule has 0 saturated carbocycles. The highest BCUT2D eigenvalue weighted by Crippen LogP contribution is 2.27. The molecule has 1 aromatic heterocycles. The van der Waals surface area contributed by atoms with Crippen LogP contribution in [-0.2, 0) is 6.42 Å². The maximum absolute atomic E-state index is 12.8. The Kier molecular flexibility index (Phi) is 5.71. The molecule has 2 aromatic carbocycles. The quantitative estimate of drug-likeness (QED) is 0.651. The van der Waals surface area contributed by atoms with E-state index in [1.54, 1.807) is 25.6 Å². The first-order chi connectivity index (χ1) is 13.1. The van der Waals surface area contributed by atoms with Crippen molar-refractivity contribution in [2.45, 2.75) is 20.3 Å². The number of carbonyl (C=O) groups excluding carboxylic acids is 1. The van der Waals surface area contributed by atoms with Crippen molar-refractivity contribution in [1.29, 1.82) is 0 Å². The Labute approximate surface area is 159 Å². The highest BCUT2D eigenvalue weighted by molar-refractivity contribution is 6.05. The van der Waals surface area contributed by atoms with Crippen LogP contribution in [0.3, 0.4) is 0 Å². The minimum absolute atomic E-state index is 0.185. The molecule has 0 spiro atoms. The molecule has 1 amide bonds. The summed E-state index contributed by atoms with van der Waals surface area (Å²) in [6, 6.07) is 15.4. The van der Waals surface area contributed by atoms with E-state index in [9.17, 15) is 4.79 Å². The Balaban J connectivity index is 1.82. The second-order valence-electron chi connectivity index (χ2n) is 6.20. The number of nitrogens with zero attached hydrogens (tertiary/aromatic N) is 1. The van der Waals surface area contributed by atoms with Gasteiger partial charge in [0.25, 0.3) is 5.91 Å². The molecule has 3 rings (SSSR count). The zero-order valence-corrected chi connectivity index (χ0v) is 15.7. The maximum Gasteiger partial charge on any atom is 0.257 e. The Morgan fingerprint density at radius 3 is 2.70 bits per heavy atom. The predicted octanol–water partition coefficient (Wildman–Crippen LogP) is 4.96. The molecule has 0 aliphatic carbocycles. The van der Waals surface area contributed by atoms with Crippen molar-refractivity contribution in [3.63, 3.8) is 0 Å². The number of amides is 1. The molecule has 0 saturated heterocycles. The number of ether oxygens (including phenoxy) is 1. The zero-order chi connectivity index (χ0) is 19.2. The van der Waals surface area contributed by atoms with Crippen molar-refractivity contribution in [2.75, 3.05) is 17.7 Å². The first kappa shape index (κ1) is 18.5. The highest BCUT2D eigenvalue weighted by atomic mass is 16.5. The van der Waals surface area contributed by atoms with Crippen LogP contribution >= 0.6 is 0 Å². The number of aryl methyl sites for hydroxylation is 2. The molecule has 2 N–H and O–H groups in total. The molecule has 0 radical (unpaired) electrons. The van der Waals surface area contributed by atoms with Crippen LogP contribution in [0.4, 0.5) is 17.1 Å². The lowest BCUT2D eigenvalue weighted by molar-refractivity contribution is 0.102. The molecule has 0 aliphatic heterocycles. The lowest BCUT2D eigenvalue weighted by atomic mass is 10.1. The van der Waals surface area contributed by atoms with Gasteiger partial charge in [0.15, 0.2) is 0 Å². The number of rotatable bonds is 6. The Morgan fingerprint density at radius 1 is 1.11 bits per heavy atom. The number of methoxy groups -OCH3 is 1. The van der Waals surface area contributed by atoms with Crippen LogP contribution in [0.25, 0.3) is 0 Å². The van der Waals surface area contributed by atoms with E-state index in [0.717, 1.165) is 34.7 Å². The third-order valence-electron chi connectivity index (χ3n) is 4.36. The van der Waals surface area contributed by atoms with Gasteiger partial charge in [0.05, 0.1) is 30.2 Å². The van der Waals surface area contributed by atoms with E-state index in [1.807, 2.05) is 49.4 Å². The van der Waals surface area contributed by atoms with Gasteiger partial charge in [-0.15, -0.1) is 0 Å². The van der Waals surface area contributed by atoms with E-state index < -0.39 is 0 Å². The van der Waals surface area contributed by atoms with Gasteiger partial charge >= 0.3 is 0 Å². The molecule has 0 fully saturated rings. The molecule has 0 bridgehead atoms. The molecule has 3 aromatic rings. The highest BCUT2D eigenvalue weighted by Gasteiger charge is 2.12. The molecule has 0 atom stereocenters. The summed E-state index contributed by atoms with van der Waals surface area (Å²) in [5.41, 5.74) is 5.03. The van der Waals surface area contributed by atoms with Crippen LogP contribution in [-0.4, -0.2) is 18.0 Å². The van der Waals surface area contributed by atoms with E-state index in [0.29, 0.717) is 11.3 Å². The minimum Gasteiger partial charge on any atom is -0.495 e. The summed E-state index contributed by atoms with van der Waals surface area (Å²) >= 11 is 0. The fraction of sp³-hybridized carbons (Fsp3) is 0.182. The minimum atomic E-state index is -0.185. The smallest absolute Gasteiger partial charge is 0.257 e. The van der Waals surface area contributed by atoms with Gasteiger partial charge in [0.2, 0.25) is 0 Å². The molecular formula is C22H23N3O2. The van der Waals surface area contributed by atoms with Gasteiger partial charge in [-0.25, -0.2) is 0 Å². The Hall–Kier alpha value is -3.34. The topological polar surface area (TPSA) is 63.2 Å². The first-order valence-electron chi connectivity index (χ1n) is 8.87. The lowest BCUT2D eigenvalue weighted by Gasteiger charge is -2.14. The van der Waals surface area contributed by atoms with Gasteiger partial charge in [-0.3, -0.25) is 9.78 Å². The molecule has 5 heteroatoms. The van der Waals surface area contributed by atoms with E-state index in [2.05, 4.69) is 22.5 Å². The fourth-order valence-electron chi connectivity index (χ4n) is 2.92. The zero-order valence-electron chi connectivity index (χ0n) is 15.7. The van der Waals surface area contributed by atoms with E-state index in [1.165, 1.54) is 0 Å². The number of anilines is 3. The van der Waals surface area contributed by atoms with Gasteiger partial charge in [0, 0.05) is 11.9 Å². The third kappa shape index (κ3) is 4.26. The summed E-state index contributed by atoms with van der Waals surface area (Å²) in [4.78, 5) is 17.0. The maximum atomic E-state index is 12.8. The van der Waals surface area contributed by atoms with Crippen LogP contribution in [0.2, 0.25) is 0 Å². The van der Waals surface area contributed by atoms with E-state index in [4.69, 9.17) is 4.74 Å². The summed E-state index contributed by atoms with van der Waals surface area (Å²) < 4.78 is 5.35. The van der Waals surface area contributed by atoms with Crippen molar-refractivity contribution in [3.8, 4) is 5.75 Å². The van der Waals surface area contributed by atoms with Crippen LogP contribution in [0.5, 0.6) is 5.75 Å². The van der Waals surface area contributed by atoms with E-state index >= 15 is 0 Å². The van der Waals surface area contributed by atoms with Crippen molar-refractivity contribution < 1.29 is 9.53 Å². The second-order valence-corrected chi connectivity index (χ2v) is 6.20. The fourth-order valence-corrected chi connectivity index (χ4v) is 2.92. The number of aromatic nitrogens is 1. The molecule has 1 heterocycles. The van der Waals surface area contributed by atoms with Crippen molar-refractivity contribution in [1.82, 2.24) is 4.98 Å². The monoisotopic (exact) mass is 361 g/mol. The summed E-state index contributed by atoms with van der Waals surface area (Å²) in [5.74, 6) is 0.537. The number of nitrogens with one attached hydrogen (secondary N) is 2. The van der Waals surface area contributed by atoms with Crippen LogP contribution < -0.4 is 15.4 Å². The summed E-state index contributed by atoms with van der Waals surface area (Å²) in [7, 11) is 1.62. The number of hydrogen-bond donors (Lipinski definition) is 2. The number of benzene rings is 2. The standard InChI is InChI=1S/C22H23N3O2/c1-4-16-9-7-8-15(2)21(16)25-22(26)17-12-18(14-23-13-17)24-19-10-5-6-11-20(19)27-3/h5-14,24H,4H2,1-3H3,(H,25,26). The first-order valence-corrected chi connectivity index (χ1v) is 8.87. The molecule has 0 aliphatic rings. The van der Waals surface area contributed by atoms with Crippen LogP contribution in [0.1, 0.15) is 28.4 Å². The molecular weight excluding hydrogens is 338 g/mol. The molecule has 5 nitrogen and oxygen atoms in total. The SMILES string of the molecule is CCc1cccc(C)c1NC(=O)c1cncc(Nc2ccccc2OC)c1. The van der Waals surface area contributed by atoms with Crippen molar-refractivity contribution >= 4 is 23.0 Å². The van der Waals surface area contributed by atoms with Gasteiger partial charge in [-0.05, 0) is 42.7 Å². The largest absolute Gasteiger partial charge is 0.495 e. The van der Waals surface area contributed by atoms with Gasteiger partial charge in [-0.2, -0.15) is 0 Å².